The predicted octanol–water partition coefficient (Wildman–Crippen LogP) is 1.98. The Hall–Kier alpha value is -1.82. The topological polar surface area (TPSA) is 57.7 Å². The van der Waals surface area contributed by atoms with Crippen LogP contribution in [0.4, 0.5) is 4.79 Å². The van der Waals surface area contributed by atoms with Crippen LogP contribution in [0, 0.1) is 5.92 Å². The Labute approximate surface area is 144 Å². The summed E-state index contributed by atoms with van der Waals surface area (Å²) in [5.41, 5.74) is 0. The van der Waals surface area contributed by atoms with Gasteiger partial charge in [0.1, 0.15) is 11.9 Å². The maximum absolute atomic E-state index is 12.3. The van der Waals surface area contributed by atoms with E-state index in [0.29, 0.717) is 5.92 Å². The Morgan fingerprint density at radius 2 is 2.00 bits per heavy atom. The molecule has 6 heteroatoms. The highest BCUT2D eigenvalue weighted by atomic mass is 16.5. The molecule has 1 aromatic rings. The van der Waals surface area contributed by atoms with Crippen LogP contribution >= 0.6 is 0 Å². The zero-order valence-corrected chi connectivity index (χ0v) is 14.5. The number of hydrogen-bond acceptors (Lipinski definition) is 4. The molecule has 6 nitrogen and oxygen atoms in total. The van der Waals surface area contributed by atoms with Crippen LogP contribution < -0.4 is 10.1 Å². The Morgan fingerprint density at radius 3 is 2.67 bits per heavy atom. The molecule has 0 spiro atoms. The summed E-state index contributed by atoms with van der Waals surface area (Å²) in [6.45, 7) is 7.88. The van der Waals surface area contributed by atoms with E-state index in [1.807, 2.05) is 17.0 Å². The molecule has 0 aliphatic carbocycles. The Morgan fingerprint density at radius 1 is 1.25 bits per heavy atom. The summed E-state index contributed by atoms with van der Waals surface area (Å²) in [5, 5.41) is 3.11. The first-order valence-electron chi connectivity index (χ1n) is 9.06. The number of pyridine rings is 1. The first kappa shape index (κ1) is 17.0. The molecule has 0 aromatic carbocycles. The van der Waals surface area contributed by atoms with Crippen LogP contribution in [0.1, 0.15) is 26.2 Å². The first-order valence-corrected chi connectivity index (χ1v) is 9.06. The molecule has 0 unspecified atom stereocenters. The van der Waals surface area contributed by atoms with Crippen LogP contribution in [-0.2, 0) is 0 Å². The molecule has 1 aromatic heterocycles. The molecular formula is C18H28N4O2. The van der Waals surface area contributed by atoms with Gasteiger partial charge in [-0.1, -0.05) is 6.92 Å². The summed E-state index contributed by atoms with van der Waals surface area (Å²) >= 11 is 0. The summed E-state index contributed by atoms with van der Waals surface area (Å²) in [5.74, 6) is 1.45. The average Bonchev–Trinajstić information content (AvgIpc) is 3.09. The normalized spacial score (nSPS) is 22.5. The zero-order valence-electron chi connectivity index (χ0n) is 14.5. The third-order valence-electron chi connectivity index (χ3n) is 5.04. The van der Waals surface area contributed by atoms with Gasteiger partial charge in [-0.3, -0.25) is 4.98 Å². The van der Waals surface area contributed by atoms with Crippen molar-refractivity contribution in [1.82, 2.24) is 20.1 Å². The smallest absolute Gasteiger partial charge is 0.317 e. The lowest BCUT2D eigenvalue weighted by atomic mass is 10.1. The fourth-order valence-electron chi connectivity index (χ4n) is 3.50. The Kier molecular flexibility index (Phi) is 5.91. The van der Waals surface area contributed by atoms with E-state index in [-0.39, 0.29) is 12.1 Å². The number of nitrogens with one attached hydrogen (secondary N) is 1. The van der Waals surface area contributed by atoms with Crippen LogP contribution in [0.3, 0.4) is 0 Å². The highest BCUT2D eigenvalue weighted by Gasteiger charge is 2.26. The molecule has 3 rings (SSSR count). The van der Waals surface area contributed by atoms with Crippen molar-refractivity contribution in [3.63, 3.8) is 0 Å². The van der Waals surface area contributed by atoms with Gasteiger partial charge >= 0.3 is 6.03 Å². The molecule has 0 radical (unpaired) electrons. The van der Waals surface area contributed by atoms with E-state index >= 15 is 0 Å². The van der Waals surface area contributed by atoms with E-state index in [1.54, 1.807) is 12.4 Å². The fourth-order valence-corrected chi connectivity index (χ4v) is 3.50. The van der Waals surface area contributed by atoms with Crippen LogP contribution in [-0.4, -0.2) is 66.2 Å². The lowest BCUT2D eigenvalue weighted by Crippen LogP contribution is -2.47. The van der Waals surface area contributed by atoms with Crippen molar-refractivity contribution >= 4 is 6.03 Å². The van der Waals surface area contributed by atoms with Crippen molar-refractivity contribution in [2.24, 2.45) is 5.92 Å². The first-order chi connectivity index (χ1) is 11.7. The minimum Gasteiger partial charge on any atom is -0.490 e. The van der Waals surface area contributed by atoms with E-state index in [2.05, 4.69) is 22.1 Å². The lowest BCUT2D eigenvalue weighted by molar-refractivity contribution is 0.110. The molecule has 2 amide bonds. The van der Waals surface area contributed by atoms with Gasteiger partial charge in [0.05, 0.1) is 0 Å². The minimum atomic E-state index is 0.0762. The molecule has 3 heterocycles. The van der Waals surface area contributed by atoms with Gasteiger partial charge in [-0.2, -0.15) is 0 Å². The minimum absolute atomic E-state index is 0.0762. The molecule has 132 valence electrons. The number of hydrogen-bond donors (Lipinski definition) is 1. The molecule has 2 fully saturated rings. The molecule has 2 aliphatic heterocycles. The van der Waals surface area contributed by atoms with Gasteiger partial charge in [-0.05, 0) is 37.6 Å². The van der Waals surface area contributed by atoms with Crippen LogP contribution in [0.15, 0.2) is 24.5 Å². The second kappa shape index (κ2) is 8.33. The van der Waals surface area contributed by atoms with E-state index in [0.717, 1.165) is 57.9 Å². The number of amides is 2. The molecule has 0 bridgehead atoms. The molecule has 0 saturated carbocycles. The van der Waals surface area contributed by atoms with E-state index in [9.17, 15) is 4.79 Å². The number of nitrogens with zero attached hydrogens (tertiary/aromatic N) is 3. The summed E-state index contributed by atoms with van der Waals surface area (Å²) in [6.07, 6.45) is 6.60. The maximum Gasteiger partial charge on any atom is 0.317 e. The third kappa shape index (κ3) is 4.60. The Bertz CT molecular complexity index is 517. The highest BCUT2D eigenvalue weighted by molar-refractivity contribution is 5.74. The second-order valence-electron chi connectivity index (χ2n) is 6.72. The van der Waals surface area contributed by atoms with Gasteiger partial charge in [0.15, 0.2) is 0 Å². The quantitative estimate of drug-likeness (QED) is 0.896. The number of urea groups is 1. The monoisotopic (exact) mass is 332 g/mol. The largest absolute Gasteiger partial charge is 0.490 e. The number of aromatic nitrogens is 1. The van der Waals surface area contributed by atoms with Crippen molar-refractivity contribution in [3.05, 3.63) is 24.5 Å². The van der Waals surface area contributed by atoms with Crippen molar-refractivity contribution in [2.45, 2.75) is 32.3 Å². The average molecular weight is 332 g/mol. The number of carbonyl (C=O) groups is 1. The SMILES string of the molecule is CCN1CC[C@H](CNC(=O)N2CCC(Oc3ccncc3)CC2)C1. The van der Waals surface area contributed by atoms with Crippen molar-refractivity contribution in [1.29, 1.82) is 0 Å². The van der Waals surface area contributed by atoms with Crippen LogP contribution in [0.2, 0.25) is 0 Å². The zero-order chi connectivity index (χ0) is 16.8. The number of rotatable bonds is 5. The number of carbonyl (C=O) groups excluding carboxylic acids is 1. The predicted molar refractivity (Wildman–Crippen MR) is 93.1 cm³/mol. The van der Waals surface area contributed by atoms with Gasteiger partial charge in [0.2, 0.25) is 0 Å². The maximum atomic E-state index is 12.3. The van der Waals surface area contributed by atoms with Crippen LogP contribution in [0.25, 0.3) is 0 Å². The number of piperidine rings is 1. The van der Waals surface area contributed by atoms with Gasteiger partial charge in [-0.25, -0.2) is 4.79 Å². The van der Waals surface area contributed by atoms with Crippen molar-refractivity contribution < 1.29 is 9.53 Å². The fraction of sp³-hybridized carbons (Fsp3) is 0.667. The molecule has 2 saturated heterocycles. The molecule has 2 aliphatic rings. The van der Waals surface area contributed by atoms with Crippen LogP contribution in [0.5, 0.6) is 5.75 Å². The van der Waals surface area contributed by atoms with Crippen molar-refractivity contribution in [2.75, 3.05) is 39.3 Å². The van der Waals surface area contributed by atoms with Gasteiger partial charge < -0.3 is 19.9 Å². The Balaban J connectivity index is 1.36. The van der Waals surface area contributed by atoms with Gasteiger partial charge in [-0.15, -0.1) is 0 Å². The van der Waals surface area contributed by atoms with E-state index in [1.165, 1.54) is 6.42 Å². The molecule has 1 atom stereocenters. The summed E-state index contributed by atoms with van der Waals surface area (Å²) in [4.78, 5) is 20.7. The standard InChI is InChI=1S/C18H28N4O2/c1-2-21-10-5-15(14-21)13-20-18(23)22-11-6-17(7-12-22)24-16-3-8-19-9-4-16/h3-4,8-9,15,17H,2,5-7,10-14H2,1H3,(H,20,23)/t15-/m1/s1. The summed E-state index contributed by atoms with van der Waals surface area (Å²) in [7, 11) is 0. The second-order valence-corrected chi connectivity index (χ2v) is 6.72. The molecule has 1 N–H and O–H groups in total. The number of ether oxygens (including phenoxy) is 1. The highest BCUT2D eigenvalue weighted by Crippen LogP contribution is 2.19. The van der Waals surface area contributed by atoms with Crippen molar-refractivity contribution in [3.8, 4) is 5.75 Å². The molecule has 24 heavy (non-hydrogen) atoms. The molecular weight excluding hydrogens is 304 g/mol. The third-order valence-corrected chi connectivity index (χ3v) is 5.04. The van der Waals surface area contributed by atoms with E-state index < -0.39 is 0 Å². The lowest BCUT2D eigenvalue weighted by Gasteiger charge is -2.32. The van der Waals surface area contributed by atoms with E-state index in [4.69, 9.17) is 4.74 Å². The summed E-state index contributed by atoms with van der Waals surface area (Å²) in [6, 6.07) is 3.83. The van der Waals surface area contributed by atoms with Gasteiger partial charge in [0.25, 0.3) is 0 Å². The van der Waals surface area contributed by atoms with Gasteiger partial charge in [0, 0.05) is 51.4 Å². The summed E-state index contributed by atoms with van der Waals surface area (Å²) < 4.78 is 5.94. The number of likely N-dealkylation sites (tertiary alicyclic amines) is 2.